The number of nitrogens with one attached hydrogen (secondary N) is 1. The molecule has 0 bridgehead atoms. The number of hydrogen-bond donors (Lipinski definition) is 3. The number of carbonyl (C=O) groups is 1. The van der Waals surface area contributed by atoms with Gasteiger partial charge in [-0.1, -0.05) is 35.9 Å². The highest BCUT2D eigenvalue weighted by atomic mass is 16.4. The molecule has 3 rings (SSSR count). The van der Waals surface area contributed by atoms with Gasteiger partial charge in [0.2, 0.25) is 0 Å². The number of H-pyrrole nitrogens is 1. The fourth-order valence-corrected chi connectivity index (χ4v) is 3.35. The third-order valence-corrected chi connectivity index (χ3v) is 4.72. The predicted octanol–water partition coefficient (Wildman–Crippen LogP) is 4.43. The van der Waals surface area contributed by atoms with Crippen molar-refractivity contribution in [3.63, 3.8) is 0 Å². The Hall–Kier alpha value is -2.59. The van der Waals surface area contributed by atoms with Crippen molar-refractivity contribution in [2.75, 3.05) is 6.54 Å². The van der Waals surface area contributed by atoms with Crippen LogP contribution in [0.4, 0.5) is 0 Å². The Morgan fingerprint density at radius 2 is 1.80 bits per heavy atom. The van der Waals surface area contributed by atoms with Crippen LogP contribution in [0.5, 0.6) is 0 Å². The van der Waals surface area contributed by atoms with Crippen LogP contribution in [0.3, 0.4) is 0 Å². The summed E-state index contributed by atoms with van der Waals surface area (Å²) in [6.07, 6.45) is 2.67. The fourth-order valence-electron chi connectivity index (χ4n) is 3.35. The zero-order valence-electron chi connectivity index (χ0n) is 14.7. The number of nitrogens with two attached hydrogens (primary N) is 1. The van der Waals surface area contributed by atoms with Gasteiger partial charge < -0.3 is 15.8 Å². The van der Waals surface area contributed by atoms with Crippen molar-refractivity contribution in [1.82, 2.24) is 4.98 Å². The van der Waals surface area contributed by atoms with Gasteiger partial charge in [-0.2, -0.15) is 0 Å². The van der Waals surface area contributed by atoms with Crippen LogP contribution in [0, 0.1) is 13.8 Å². The van der Waals surface area contributed by atoms with Gasteiger partial charge in [-0.25, -0.2) is 4.79 Å². The Bertz CT molecular complexity index is 908. The number of aromatic carboxylic acids is 1. The number of aromatic nitrogens is 1. The van der Waals surface area contributed by atoms with Gasteiger partial charge in [-0.15, -0.1) is 0 Å². The van der Waals surface area contributed by atoms with Crippen LogP contribution in [0.1, 0.15) is 39.9 Å². The number of unbranched alkanes of at least 4 members (excludes halogenated alkanes) is 1. The second kappa shape index (κ2) is 7.11. The van der Waals surface area contributed by atoms with Crippen molar-refractivity contribution in [1.29, 1.82) is 0 Å². The van der Waals surface area contributed by atoms with E-state index in [-0.39, 0.29) is 0 Å². The first-order valence-electron chi connectivity index (χ1n) is 8.67. The van der Waals surface area contributed by atoms with Crippen LogP contribution in [-0.4, -0.2) is 22.6 Å². The molecule has 0 fully saturated rings. The smallest absolute Gasteiger partial charge is 0.336 e. The van der Waals surface area contributed by atoms with E-state index < -0.39 is 5.97 Å². The van der Waals surface area contributed by atoms with Crippen molar-refractivity contribution in [3.05, 3.63) is 58.7 Å². The largest absolute Gasteiger partial charge is 0.478 e. The van der Waals surface area contributed by atoms with E-state index >= 15 is 0 Å². The summed E-state index contributed by atoms with van der Waals surface area (Å²) in [5.41, 5.74) is 12.4. The average Bonchev–Trinajstić information content (AvgIpc) is 2.96. The van der Waals surface area contributed by atoms with Gasteiger partial charge in [0, 0.05) is 16.6 Å². The zero-order chi connectivity index (χ0) is 18.0. The van der Waals surface area contributed by atoms with Crippen molar-refractivity contribution in [2.24, 2.45) is 5.73 Å². The third kappa shape index (κ3) is 3.30. The molecule has 0 aliphatic carbocycles. The molecule has 25 heavy (non-hydrogen) atoms. The first-order valence-corrected chi connectivity index (χ1v) is 8.67. The van der Waals surface area contributed by atoms with Gasteiger partial charge in [-0.3, -0.25) is 0 Å². The van der Waals surface area contributed by atoms with Crippen LogP contribution in [0.15, 0.2) is 36.4 Å². The van der Waals surface area contributed by atoms with Gasteiger partial charge in [0.15, 0.2) is 0 Å². The SMILES string of the molecule is Cc1ccc(-c2[nH]c3c(C)ccc(C(=O)O)c3c2CCCCN)cc1. The maximum Gasteiger partial charge on any atom is 0.336 e. The van der Waals surface area contributed by atoms with Crippen LogP contribution in [0.2, 0.25) is 0 Å². The van der Waals surface area contributed by atoms with Crippen LogP contribution in [-0.2, 0) is 6.42 Å². The molecule has 2 aromatic carbocycles. The first kappa shape index (κ1) is 17.2. The molecule has 0 atom stereocenters. The monoisotopic (exact) mass is 336 g/mol. The minimum absolute atomic E-state index is 0.359. The number of rotatable bonds is 6. The zero-order valence-corrected chi connectivity index (χ0v) is 14.7. The summed E-state index contributed by atoms with van der Waals surface area (Å²) in [6.45, 7) is 4.71. The molecule has 4 heteroatoms. The van der Waals surface area contributed by atoms with E-state index in [0.29, 0.717) is 12.1 Å². The summed E-state index contributed by atoms with van der Waals surface area (Å²) in [6, 6.07) is 11.9. The Labute approximate surface area is 147 Å². The minimum atomic E-state index is -0.889. The molecule has 3 aromatic rings. The predicted molar refractivity (Wildman–Crippen MR) is 102 cm³/mol. The van der Waals surface area contributed by atoms with E-state index in [4.69, 9.17) is 5.73 Å². The molecule has 0 radical (unpaired) electrons. The number of aromatic amines is 1. The lowest BCUT2D eigenvalue weighted by atomic mass is 9.96. The summed E-state index contributed by atoms with van der Waals surface area (Å²) in [7, 11) is 0. The second-order valence-electron chi connectivity index (χ2n) is 6.58. The normalized spacial score (nSPS) is 11.2. The van der Waals surface area contributed by atoms with E-state index in [1.807, 2.05) is 13.0 Å². The minimum Gasteiger partial charge on any atom is -0.478 e. The lowest BCUT2D eigenvalue weighted by molar-refractivity contribution is 0.0699. The van der Waals surface area contributed by atoms with E-state index in [1.54, 1.807) is 6.07 Å². The molecule has 0 saturated carbocycles. The van der Waals surface area contributed by atoms with Crippen LogP contribution >= 0.6 is 0 Å². The quantitative estimate of drug-likeness (QED) is 0.583. The molecule has 1 aromatic heterocycles. The summed E-state index contributed by atoms with van der Waals surface area (Å²) in [5.74, 6) is -0.889. The molecular formula is C21H24N2O2. The highest BCUT2D eigenvalue weighted by Gasteiger charge is 2.20. The Balaban J connectivity index is 2.26. The van der Waals surface area contributed by atoms with Crippen molar-refractivity contribution in [2.45, 2.75) is 33.1 Å². The van der Waals surface area contributed by atoms with Crippen molar-refractivity contribution >= 4 is 16.9 Å². The number of hydrogen-bond acceptors (Lipinski definition) is 2. The van der Waals surface area contributed by atoms with Crippen molar-refractivity contribution in [3.8, 4) is 11.3 Å². The van der Waals surface area contributed by atoms with E-state index in [9.17, 15) is 9.90 Å². The van der Waals surface area contributed by atoms with E-state index in [0.717, 1.165) is 52.5 Å². The maximum atomic E-state index is 11.8. The summed E-state index contributed by atoms with van der Waals surface area (Å²) in [5, 5.41) is 10.5. The molecule has 1 heterocycles. The number of benzene rings is 2. The van der Waals surface area contributed by atoms with Gasteiger partial charge in [-0.05, 0) is 62.4 Å². The molecule has 0 unspecified atom stereocenters. The molecule has 0 aliphatic rings. The molecule has 0 amide bonds. The van der Waals surface area contributed by atoms with Gasteiger partial charge in [0.25, 0.3) is 0 Å². The summed E-state index contributed by atoms with van der Waals surface area (Å²) < 4.78 is 0. The number of fused-ring (bicyclic) bond motifs is 1. The van der Waals surface area contributed by atoms with Crippen LogP contribution in [0.25, 0.3) is 22.2 Å². The number of carboxylic acids is 1. The molecule has 0 aliphatic heterocycles. The summed E-state index contributed by atoms with van der Waals surface area (Å²) >= 11 is 0. The lowest BCUT2D eigenvalue weighted by Crippen LogP contribution is -2.01. The van der Waals surface area contributed by atoms with Crippen LogP contribution < -0.4 is 5.73 Å². The molecule has 4 N–H and O–H groups in total. The Morgan fingerprint density at radius 3 is 2.44 bits per heavy atom. The van der Waals surface area contributed by atoms with Gasteiger partial charge >= 0.3 is 5.97 Å². The molecule has 0 saturated heterocycles. The fraction of sp³-hybridized carbons (Fsp3) is 0.286. The van der Waals surface area contributed by atoms with Crippen molar-refractivity contribution < 1.29 is 9.90 Å². The number of aryl methyl sites for hydroxylation is 3. The summed E-state index contributed by atoms with van der Waals surface area (Å²) in [4.78, 5) is 15.3. The highest BCUT2D eigenvalue weighted by Crippen LogP contribution is 2.35. The van der Waals surface area contributed by atoms with Gasteiger partial charge in [0.1, 0.15) is 0 Å². The number of carboxylic acid groups (broad SMARTS) is 1. The first-order chi connectivity index (χ1) is 12.0. The Morgan fingerprint density at radius 1 is 1.08 bits per heavy atom. The molecule has 4 nitrogen and oxygen atoms in total. The standard InChI is InChI=1S/C21H24N2O2/c1-13-6-9-15(10-7-13)20-16(5-3-4-12-22)18-17(21(24)25)11-8-14(2)19(18)23-20/h6-11,23H,3-5,12,22H2,1-2H3,(H,24,25). The van der Waals surface area contributed by atoms with Gasteiger partial charge in [0.05, 0.1) is 5.56 Å². The van der Waals surface area contributed by atoms with E-state index in [1.165, 1.54) is 5.56 Å². The van der Waals surface area contributed by atoms with E-state index in [2.05, 4.69) is 36.2 Å². The topological polar surface area (TPSA) is 79.1 Å². The second-order valence-corrected chi connectivity index (χ2v) is 6.58. The average molecular weight is 336 g/mol. The molecule has 0 spiro atoms. The highest BCUT2D eigenvalue weighted by molar-refractivity contribution is 6.07. The lowest BCUT2D eigenvalue weighted by Gasteiger charge is -2.07. The molecule has 130 valence electrons. The Kier molecular flexibility index (Phi) is 4.91. The third-order valence-electron chi connectivity index (χ3n) is 4.72. The maximum absolute atomic E-state index is 11.8. The molecular weight excluding hydrogens is 312 g/mol.